The van der Waals surface area contributed by atoms with E-state index in [1.54, 1.807) is 0 Å². The number of hydrogen-bond donors (Lipinski definition) is 1. The van der Waals surface area contributed by atoms with Gasteiger partial charge in [-0.1, -0.05) is 48.5 Å². The fraction of sp³-hybridized carbons (Fsp3) is 0.381. The Morgan fingerprint density at radius 2 is 1.69 bits per heavy atom. The molecule has 0 saturated carbocycles. The highest BCUT2D eigenvalue weighted by Crippen LogP contribution is 2.20. The molecule has 3 rings (SSSR count). The normalized spacial score (nSPS) is 14.9. The third-order valence-electron chi connectivity index (χ3n) is 4.61. The number of para-hydroxylation sites is 1. The smallest absolute Gasteiger partial charge is 0.317 e. The lowest BCUT2D eigenvalue weighted by atomic mass is 10.1. The van der Waals surface area contributed by atoms with Gasteiger partial charge in [0.2, 0.25) is 0 Å². The van der Waals surface area contributed by atoms with Crippen LogP contribution in [0.1, 0.15) is 18.1 Å². The van der Waals surface area contributed by atoms with E-state index in [4.69, 9.17) is 4.74 Å². The van der Waals surface area contributed by atoms with Crippen molar-refractivity contribution in [3.05, 3.63) is 65.7 Å². The van der Waals surface area contributed by atoms with Gasteiger partial charge in [-0.05, 0) is 18.6 Å². The molecule has 5 heteroatoms. The first-order chi connectivity index (χ1) is 12.8. The highest BCUT2D eigenvalue weighted by Gasteiger charge is 2.21. The summed E-state index contributed by atoms with van der Waals surface area (Å²) in [5, 5.41) is 3.01. The Morgan fingerprint density at radius 3 is 2.42 bits per heavy atom. The average molecular weight is 353 g/mol. The SMILES string of the molecule is CCOc1ccccc1CN1CCN(C(=O)NCc2ccccc2)CC1. The molecule has 0 spiro atoms. The van der Waals surface area contributed by atoms with Gasteiger partial charge in [-0.15, -0.1) is 0 Å². The first-order valence-electron chi connectivity index (χ1n) is 9.26. The lowest BCUT2D eigenvalue weighted by molar-refractivity contribution is 0.134. The van der Waals surface area contributed by atoms with Crippen molar-refractivity contribution in [3.63, 3.8) is 0 Å². The van der Waals surface area contributed by atoms with Crippen molar-refractivity contribution < 1.29 is 9.53 Å². The molecule has 5 nitrogen and oxygen atoms in total. The van der Waals surface area contributed by atoms with E-state index in [0.717, 1.165) is 44.0 Å². The van der Waals surface area contributed by atoms with Gasteiger partial charge in [0, 0.05) is 44.8 Å². The summed E-state index contributed by atoms with van der Waals surface area (Å²) in [6, 6.07) is 18.2. The number of ether oxygens (including phenoxy) is 1. The lowest BCUT2D eigenvalue weighted by Crippen LogP contribution is -2.51. The van der Waals surface area contributed by atoms with Crippen LogP contribution in [0.15, 0.2) is 54.6 Å². The molecule has 0 radical (unpaired) electrons. The van der Waals surface area contributed by atoms with E-state index in [2.05, 4.69) is 16.3 Å². The van der Waals surface area contributed by atoms with Gasteiger partial charge in [-0.25, -0.2) is 4.79 Å². The van der Waals surface area contributed by atoms with Crippen molar-refractivity contribution in [2.75, 3.05) is 32.8 Å². The maximum atomic E-state index is 12.4. The Morgan fingerprint density at radius 1 is 1.00 bits per heavy atom. The lowest BCUT2D eigenvalue weighted by Gasteiger charge is -2.35. The molecule has 2 amide bonds. The number of nitrogens with one attached hydrogen (secondary N) is 1. The molecule has 0 unspecified atom stereocenters. The Hall–Kier alpha value is -2.53. The van der Waals surface area contributed by atoms with Crippen molar-refractivity contribution >= 4 is 6.03 Å². The van der Waals surface area contributed by atoms with Crippen LogP contribution in [0.5, 0.6) is 5.75 Å². The van der Waals surface area contributed by atoms with E-state index < -0.39 is 0 Å². The van der Waals surface area contributed by atoms with E-state index in [0.29, 0.717) is 13.2 Å². The van der Waals surface area contributed by atoms with E-state index in [9.17, 15) is 4.79 Å². The van der Waals surface area contributed by atoms with Crippen LogP contribution in [0, 0.1) is 0 Å². The van der Waals surface area contributed by atoms with Crippen molar-refractivity contribution in [3.8, 4) is 5.75 Å². The van der Waals surface area contributed by atoms with Crippen molar-refractivity contribution in [2.24, 2.45) is 0 Å². The molecule has 138 valence electrons. The molecule has 1 heterocycles. The van der Waals surface area contributed by atoms with Gasteiger partial charge >= 0.3 is 6.03 Å². The Kier molecular flexibility index (Phi) is 6.50. The number of urea groups is 1. The molecule has 2 aromatic carbocycles. The fourth-order valence-electron chi connectivity index (χ4n) is 3.17. The molecule has 1 N–H and O–H groups in total. The van der Waals surface area contributed by atoms with Crippen LogP contribution in [0.2, 0.25) is 0 Å². The summed E-state index contributed by atoms with van der Waals surface area (Å²) in [7, 11) is 0. The van der Waals surface area contributed by atoms with Crippen LogP contribution in [-0.4, -0.2) is 48.6 Å². The number of carbonyl (C=O) groups excluding carboxylic acids is 1. The standard InChI is InChI=1S/C21H27N3O2/c1-2-26-20-11-7-6-10-19(20)17-23-12-14-24(15-13-23)21(25)22-16-18-8-4-3-5-9-18/h3-11H,2,12-17H2,1H3,(H,22,25). The summed E-state index contributed by atoms with van der Waals surface area (Å²) < 4.78 is 5.71. The number of hydrogen-bond acceptors (Lipinski definition) is 3. The van der Waals surface area contributed by atoms with Crippen LogP contribution in [-0.2, 0) is 13.1 Å². The molecule has 26 heavy (non-hydrogen) atoms. The zero-order valence-electron chi connectivity index (χ0n) is 15.4. The second-order valence-corrected chi connectivity index (χ2v) is 6.45. The Bertz CT molecular complexity index is 697. The minimum atomic E-state index is 0.0169. The highest BCUT2D eigenvalue weighted by molar-refractivity contribution is 5.74. The predicted molar refractivity (Wildman–Crippen MR) is 103 cm³/mol. The van der Waals surface area contributed by atoms with Gasteiger partial charge in [-0.2, -0.15) is 0 Å². The van der Waals surface area contributed by atoms with E-state index in [1.807, 2.05) is 60.4 Å². The monoisotopic (exact) mass is 353 g/mol. The summed E-state index contributed by atoms with van der Waals surface area (Å²) in [6.07, 6.45) is 0. The second-order valence-electron chi connectivity index (χ2n) is 6.45. The van der Waals surface area contributed by atoms with Gasteiger partial charge in [0.05, 0.1) is 6.61 Å². The number of piperazine rings is 1. The van der Waals surface area contributed by atoms with Crippen LogP contribution in [0.25, 0.3) is 0 Å². The number of nitrogens with zero attached hydrogens (tertiary/aromatic N) is 2. The minimum Gasteiger partial charge on any atom is -0.494 e. The Balaban J connectivity index is 1.46. The third-order valence-corrected chi connectivity index (χ3v) is 4.61. The topological polar surface area (TPSA) is 44.8 Å². The van der Waals surface area contributed by atoms with E-state index in [1.165, 1.54) is 5.56 Å². The van der Waals surface area contributed by atoms with Crippen LogP contribution in [0.3, 0.4) is 0 Å². The van der Waals surface area contributed by atoms with E-state index in [-0.39, 0.29) is 6.03 Å². The maximum Gasteiger partial charge on any atom is 0.317 e. The Labute approximate surface area is 155 Å². The maximum absolute atomic E-state index is 12.4. The number of amides is 2. The van der Waals surface area contributed by atoms with Crippen LogP contribution >= 0.6 is 0 Å². The zero-order chi connectivity index (χ0) is 18.2. The average Bonchev–Trinajstić information content (AvgIpc) is 2.69. The summed E-state index contributed by atoms with van der Waals surface area (Å²) >= 11 is 0. The van der Waals surface area contributed by atoms with Crippen molar-refractivity contribution in [1.82, 2.24) is 15.1 Å². The summed E-state index contributed by atoms with van der Waals surface area (Å²) in [5.41, 5.74) is 2.32. The van der Waals surface area contributed by atoms with Crippen LogP contribution in [0.4, 0.5) is 4.79 Å². The largest absolute Gasteiger partial charge is 0.494 e. The van der Waals surface area contributed by atoms with Gasteiger partial charge in [0.15, 0.2) is 0 Å². The third kappa shape index (κ3) is 4.99. The van der Waals surface area contributed by atoms with Crippen molar-refractivity contribution in [1.29, 1.82) is 0 Å². The second kappa shape index (κ2) is 9.25. The van der Waals surface area contributed by atoms with Gasteiger partial charge in [-0.3, -0.25) is 4.90 Å². The molecule has 1 fully saturated rings. The quantitative estimate of drug-likeness (QED) is 0.868. The van der Waals surface area contributed by atoms with E-state index >= 15 is 0 Å². The summed E-state index contributed by atoms with van der Waals surface area (Å²) in [6.45, 7) is 7.35. The van der Waals surface area contributed by atoms with Crippen LogP contribution < -0.4 is 10.1 Å². The van der Waals surface area contributed by atoms with Crippen molar-refractivity contribution in [2.45, 2.75) is 20.0 Å². The summed E-state index contributed by atoms with van der Waals surface area (Å²) in [5.74, 6) is 0.957. The first-order valence-corrected chi connectivity index (χ1v) is 9.26. The molecule has 0 atom stereocenters. The zero-order valence-corrected chi connectivity index (χ0v) is 15.4. The molecule has 1 aliphatic rings. The van der Waals surface area contributed by atoms with Gasteiger partial charge in [0.25, 0.3) is 0 Å². The molecular weight excluding hydrogens is 326 g/mol. The van der Waals surface area contributed by atoms with Gasteiger partial charge in [0.1, 0.15) is 5.75 Å². The fourth-order valence-corrected chi connectivity index (χ4v) is 3.17. The minimum absolute atomic E-state index is 0.0169. The predicted octanol–water partition coefficient (Wildman–Crippen LogP) is 3.11. The number of rotatable bonds is 6. The number of benzene rings is 2. The molecule has 0 aliphatic carbocycles. The van der Waals surface area contributed by atoms with Gasteiger partial charge < -0.3 is 15.0 Å². The molecule has 1 aliphatic heterocycles. The molecule has 0 bridgehead atoms. The number of carbonyl (C=O) groups is 1. The molecule has 1 saturated heterocycles. The first kappa shape index (κ1) is 18.3. The molecular formula is C21H27N3O2. The highest BCUT2D eigenvalue weighted by atomic mass is 16.5. The molecule has 0 aromatic heterocycles. The molecule has 2 aromatic rings. The summed E-state index contributed by atoms with van der Waals surface area (Å²) in [4.78, 5) is 16.6.